The normalized spacial score (nSPS) is 22.1. The summed E-state index contributed by atoms with van der Waals surface area (Å²) in [5.74, 6) is -0.837. The van der Waals surface area contributed by atoms with Gasteiger partial charge in [-0.3, -0.25) is 4.79 Å². The molecule has 1 atom stereocenters. The molecule has 0 amide bonds. The number of nitrogens with two attached hydrogens (primary N) is 1. The van der Waals surface area contributed by atoms with Crippen LogP contribution in [0.15, 0.2) is 0 Å². The van der Waals surface area contributed by atoms with Crippen molar-refractivity contribution >= 4 is 11.9 Å². The smallest absolute Gasteiger partial charge is 0.347 e. The van der Waals surface area contributed by atoms with E-state index in [1.165, 1.54) is 0 Å². The molecule has 0 saturated carbocycles. The summed E-state index contributed by atoms with van der Waals surface area (Å²) in [5, 5.41) is 0. The van der Waals surface area contributed by atoms with E-state index in [0.29, 0.717) is 12.8 Å². The highest BCUT2D eigenvalue weighted by Gasteiger charge is 2.30. The lowest BCUT2D eigenvalue weighted by atomic mass is 10.2. The molecule has 0 bridgehead atoms. The van der Waals surface area contributed by atoms with Crippen LogP contribution in [0.2, 0.25) is 0 Å². The van der Waals surface area contributed by atoms with Crippen molar-refractivity contribution in [3.63, 3.8) is 0 Å². The Bertz CT molecular complexity index is 192. The zero-order chi connectivity index (χ0) is 8.97. The Kier molecular flexibility index (Phi) is 3.04. The molecule has 0 aliphatic carbocycles. The van der Waals surface area contributed by atoms with Crippen LogP contribution in [0.3, 0.4) is 0 Å². The summed E-state index contributed by atoms with van der Waals surface area (Å²) in [4.78, 5) is 21.6. The molecule has 1 aliphatic rings. The van der Waals surface area contributed by atoms with Crippen molar-refractivity contribution in [3.05, 3.63) is 0 Å². The van der Waals surface area contributed by atoms with Crippen LogP contribution in [-0.2, 0) is 19.1 Å². The maximum absolute atomic E-state index is 11.0. The van der Waals surface area contributed by atoms with E-state index in [1.54, 1.807) is 0 Å². The molecule has 0 spiro atoms. The zero-order valence-corrected chi connectivity index (χ0v) is 6.62. The van der Waals surface area contributed by atoms with Gasteiger partial charge in [-0.1, -0.05) is 0 Å². The molecule has 1 saturated heterocycles. The first-order valence-electron chi connectivity index (χ1n) is 3.80. The lowest BCUT2D eigenvalue weighted by molar-refractivity contribution is -0.161. The monoisotopic (exact) mass is 173 g/mol. The maximum Gasteiger partial charge on any atom is 0.347 e. The van der Waals surface area contributed by atoms with Crippen LogP contribution in [-0.4, -0.2) is 31.2 Å². The fourth-order valence-electron chi connectivity index (χ4n) is 0.944. The largest absolute Gasteiger partial charge is 0.462 e. The predicted molar refractivity (Wildman–Crippen MR) is 39.1 cm³/mol. The number of carbonyl (C=O) groups is 2. The number of carbonyl (C=O) groups excluding carboxylic acids is 2. The molecule has 1 rings (SSSR count). The summed E-state index contributed by atoms with van der Waals surface area (Å²) in [6.07, 6.45) is 0.00834. The number of hydrogen-bond donors (Lipinski definition) is 1. The van der Waals surface area contributed by atoms with Crippen LogP contribution in [0.1, 0.15) is 12.8 Å². The van der Waals surface area contributed by atoms with Crippen molar-refractivity contribution in [2.24, 2.45) is 5.73 Å². The van der Waals surface area contributed by atoms with Gasteiger partial charge >= 0.3 is 11.9 Å². The zero-order valence-electron chi connectivity index (χ0n) is 6.62. The van der Waals surface area contributed by atoms with E-state index in [4.69, 9.17) is 5.73 Å². The van der Waals surface area contributed by atoms with E-state index in [9.17, 15) is 9.59 Å². The predicted octanol–water partition coefficient (Wildman–Crippen LogP) is -0.806. The number of hydrogen-bond acceptors (Lipinski definition) is 5. The van der Waals surface area contributed by atoms with Gasteiger partial charge in [-0.25, -0.2) is 4.79 Å². The van der Waals surface area contributed by atoms with Crippen molar-refractivity contribution in [1.82, 2.24) is 0 Å². The molecule has 5 heteroatoms. The third-order valence-electron chi connectivity index (χ3n) is 1.51. The number of rotatable bonds is 3. The molecule has 1 unspecified atom stereocenters. The average Bonchev–Trinajstić information content (AvgIpc) is 2.47. The van der Waals surface area contributed by atoms with Crippen LogP contribution in [0.5, 0.6) is 0 Å². The second kappa shape index (κ2) is 4.06. The van der Waals surface area contributed by atoms with Gasteiger partial charge in [0.25, 0.3) is 0 Å². The summed E-state index contributed by atoms with van der Waals surface area (Å²) in [7, 11) is 0. The van der Waals surface area contributed by atoms with E-state index in [2.05, 4.69) is 9.47 Å². The van der Waals surface area contributed by atoms with E-state index in [-0.39, 0.29) is 19.1 Å². The second-order valence-electron chi connectivity index (χ2n) is 2.47. The molecule has 68 valence electrons. The summed E-state index contributed by atoms with van der Waals surface area (Å²) in [5.41, 5.74) is 5.12. The van der Waals surface area contributed by atoms with Crippen molar-refractivity contribution in [3.8, 4) is 0 Å². The van der Waals surface area contributed by atoms with Crippen molar-refractivity contribution in [2.75, 3.05) is 13.2 Å². The first-order chi connectivity index (χ1) is 5.74. The maximum atomic E-state index is 11.0. The standard InChI is InChI=1S/C7H11NO4/c8-3-4-11-7(10)5-1-2-6(9)12-5/h5H,1-4,8H2. The number of cyclic esters (lactones) is 1. The summed E-state index contributed by atoms with van der Waals surface area (Å²) in [6, 6.07) is 0. The summed E-state index contributed by atoms with van der Waals surface area (Å²) < 4.78 is 9.35. The molecule has 2 N–H and O–H groups in total. The van der Waals surface area contributed by atoms with Crippen LogP contribution >= 0.6 is 0 Å². The SMILES string of the molecule is NCCOC(=O)C1CCC(=O)O1. The Morgan fingerprint density at radius 3 is 3.00 bits per heavy atom. The number of esters is 2. The van der Waals surface area contributed by atoms with Gasteiger partial charge in [0, 0.05) is 19.4 Å². The van der Waals surface area contributed by atoms with Gasteiger partial charge < -0.3 is 15.2 Å². The average molecular weight is 173 g/mol. The van der Waals surface area contributed by atoms with Crippen molar-refractivity contribution < 1.29 is 19.1 Å². The Balaban J connectivity index is 2.28. The van der Waals surface area contributed by atoms with Crippen LogP contribution in [0.25, 0.3) is 0 Å². The summed E-state index contributed by atoms with van der Waals surface area (Å²) >= 11 is 0. The van der Waals surface area contributed by atoms with Crippen LogP contribution in [0, 0.1) is 0 Å². The first kappa shape index (κ1) is 8.99. The third-order valence-corrected chi connectivity index (χ3v) is 1.51. The van der Waals surface area contributed by atoms with E-state index in [0.717, 1.165) is 0 Å². The highest BCUT2D eigenvalue weighted by Crippen LogP contribution is 2.14. The highest BCUT2D eigenvalue weighted by atomic mass is 16.6. The fraction of sp³-hybridized carbons (Fsp3) is 0.714. The number of ether oxygens (including phenoxy) is 2. The van der Waals surface area contributed by atoms with Gasteiger partial charge in [-0.15, -0.1) is 0 Å². The Labute approximate surface area is 69.8 Å². The molecule has 1 fully saturated rings. The Morgan fingerprint density at radius 2 is 2.50 bits per heavy atom. The molecule has 0 aromatic heterocycles. The molecule has 1 heterocycles. The van der Waals surface area contributed by atoms with Gasteiger partial charge in [-0.2, -0.15) is 0 Å². The molecule has 1 aliphatic heterocycles. The van der Waals surface area contributed by atoms with Crippen molar-refractivity contribution in [1.29, 1.82) is 0 Å². The van der Waals surface area contributed by atoms with E-state index < -0.39 is 12.1 Å². The minimum atomic E-state index is -0.705. The molecule has 0 aromatic rings. The second-order valence-corrected chi connectivity index (χ2v) is 2.47. The van der Waals surface area contributed by atoms with Gasteiger partial charge in [0.1, 0.15) is 6.61 Å². The van der Waals surface area contributed by atoms with E-state index >= 15 is 0 Å². The lowest BCUT2D eigenvalue weighted by Gasteiger charge is -2.07. The molecule has 0 aromatic carbocycles. The molecular weight excluding hydrogens is 162 g/mol. The molecular formula is C7H11NO4. The third kappa shape index (κ3) is 2.20. The highest BCUT2D eigenvalue weighted by molar-refractivity contribution is 5.82. The van der Waals surface area contributed by atoms with Gasteiger partial charge in [0.15, 0.2) is 6.10 Å². The minimum Gasteiger partial charge on any atom is -0.462 e. The summed E-state index contributed by atoms with van der Waals surface area (Å²) in [6.45, 7) is 0.458. The quantitative estimate of drug-likeness (QED) is 0.565. The van der Waals surface area contributed by atoms with Crippen molar-refractivity contribution in [2.45, 2.75) is 18.9 Å². The Hall–Kier alpha value is -1.10. The van der Waals surface area contributed by atoms with Crippen LogP contribution < -0.4 is 5.73 Å². The minimum absolute atomic E-state index is 0.173. The fourth-order valence-corrected chi connectivity index (χ4v) is 0.944. The van der Waals surface area contributed by atoms with Gasteiger partial charge in [-0.05, 0) is 0 Å². The lowest BCUT2D eigenvalue weighted by Crippen LogP contribution is -2.25. The Morgan fingerprint density at radius 1 is 1.75 bits per heavy atom. The molecule has 12 heavy (non-hydrogen) atoms. The van der Waals surface area contributed by atoms with Gasteiger partial charge in [0.2, 0.25) is 0 Å². The molecule has 0 radical (unpaired) electrons. The van der Waals surface area contributed by atoms with Gasteiger partial charge in [0.05, 0.1) is 0 Å². The molecule has 5 nitrogen and oxygen atoms in total. The van der Waals surface area contributed by atoms with E-state index in [1.807, 2.05) is 0 Å². The first-order valence-corrected chi connectivity index (χ1v) is 3.80. The van der Waals surface area contributed by atoms with Crippen LogP contribution in [0.4, 0.5) is 0 Å². The topological polar surface area (TPSA) is 78.6 Å².